The van der Waals surface area contributed by atoms with Gasteiger partial charge in [-0.3, -0.25) is 4.79 Å². The van der Waals surface area contributed by atoms with Gasteiger partial charge >= 0.3 is 0 Å². The molecule has 1 amide bonds. The van der Waals surface area contributed by atoms with Gasteiger partial charge in [0.2, 0.25) is 11.9 Å². The lowest BCUT2D eigenvalue weighted by Crippen LogP contribution is -2.18. The van der Waals surface area contributed by atoms with E-state index in [-0.39, 0.29) is 12.5 Å². The molecule has 1 aromatic heterocycles. The highest BCUT2D eigenvalue weighted by Crippen LogP contribution is 2.30. The summed E-state index contributed by atoms with van der Waals surface area (Å²) in [6.45, 7) is 4.12. The number of hydrogen-bond acceptors (Lipinski definition) is 8. The van der Waals surface area contributed by atoms with Gasteiger partial charge in [-0.1, -0.05) is 0 Å². The third-order valence-corrected chi connectivity index (χ3v) is 5.56. The van der Waals surface area contributed by atoms with Crippen LogP contribution in [0.4, 0.5) is 23.1 Å². The maximum absolute atomic E-state index is 12.3. The van der Waals surface area contributed by atoms with Gasteiger partial charge in [0, 0.05) is 50.3 Å². The second-order valence-electron chi connectivity index (χ2n) is 8.69. The van der Waals surface area contributed by atoms with Crippen LogP contribution in [0.2, 0.25) is 0 Å². The number of nitrogens with one attached hydrogen (secondary N) is 2. The summed E-state index contributed by atoms with van der Waals surface area (Å²) in [4.78, 5) is 23.2. The van der Waals surface area contributed by atoms with Crippen LogP contribution in [-0.4, -0.2) is 42.0 Å². The van der Waals surface area contributed by atoms with E-state index >= 15 is 0 Å². The van der Waals surface area contributed by atoms with Crippen LogP contribution in [0.15, 0.2) is 48.6 Å². The second-order valence-corrected chi connectivity index (χ2v) is 8.69. The Morgan fingerprint density at radius 1 is 1.05 bits per heavy atom. The summed E-state index contributed by atoms with van der Waals surface area (Å²) < 4.78 is 5.42. The molecule has 38 heavy (non-hydrogen) atoms. The molecule has 0 fully saturated rings. The molecule has 0 radical (unpaired) electrons. The number of benzene rings is 2. The summed E-state index contributed by atoms with van der Waals surface area (Å²) in [5, 5.41) is 24.6. The molecular formula is C29H29N7O2. The smallest absolute Gasteiger partial charge is 0.246 e. The average Bonchev–Trinajstić information content (AvgIpc) is 2.89. The van der Waals surface area contributed by atoms with Crippen molar-refractivity contribution in [3.8, 4) is 12.1 Å². The van der Waals surface area contributed by atoms with Crippen LogP contribution in [0.25, 0.3) is 12.2 Å². The van der Waals surface area contributed by atoms with Gasteiger partial charge in [-0.15, -0.1) is 0 Å². The fraction of sp³-hybridized carbons (Fsp3) is 0.207. The molecule has 0 aliphatic rings. The first-order valence-corrected chi connectivity index (χ1v) is 11.8. The SMILES string of the molecule is COCc1nc(Nc2ccc(C#N)cc2)nc(Nc2c(C)cc(/C=C/C#N)cc2C)c1/C=C/C(=O)N(C)C. The Balaban J connectivity index is 2.13. The van der Waals surface area contributed by atoms with Crippen molar-refractivity contribution >= 4 is 41.2 Å². The number of amides is 1. The molecule has 0 atom stereocenters. The van der Waals surface area contributed by atoms with E-state index in [1.54, 1.807) is 57.6 Å². The van der Waals surface area contributed by atoms with Gasteiger partial charge in [-0.2, -0.15) is 15.5 Å². The van der Waals surface area contributed by atoms with E-state index in [4.69, 9.17) is 20.2 Å². The van der Waals surface area contributed by atoms with Crippen LogP contribution in [0, 0.1) is 36.5 Å². The van der Waals surface area contributed by atoms with E-state index in [2.05, 4.69) is 21.7 Å². The number of carbonyl (C=O) groups excluding carboxylic acids is 1. The molecule has 9 heteroatoms. The number of nitriles is 2. The molecule has 9 nitrogen and oxygen atoms in total. The largest absolute Gasteiger partial charge is 0.378 e. The lowest BCUT2D eigenvalue weighted by molar-refractivity contribution is -0.123. The quantitative estimate of drug-likeness (QED) is 0.297. The van der Waals surface area contributed by atoms with Crippen LogP contribution in [0.3, 0.4) is 0 Å². The molecule has 192 valence electrons. The molecular weight excluding hydrogens is 478 g/mol. The zero-order chi connectivity index (χ0) is 27.7. The fourth-order valence-electron chi connectivity index (χ4n) is 3.69. The summed E-state index contributed by atoms with van der Waals surface area (Å²) in [6.07, 6.45) is 6.34. The molecule has 0 saturated heterocycles. The number of hydrogen-bond donors (Lipinski definition) is 2. The summed E-state index contributed by atoms with van der Waals surface area (Å²) in [6, 6.07) is 15.0. The predicted octanol–water partition coefficient (Wildman–Crippen LogP) is 5.24. The standard InChI is InChI=1S/C29H29N7O2/c1-19-15-22(7-6-14-30)16-20(2)27(19)34-28-24(12-13-26(37)36(3)4)25(18-38-5)33-29(35-28)32-23-10-8-21(17-31)9-11-23/h6-13,15-16H,18H2,1-5H3,(H2,32,33,34,35)/b7-6+,13-12+. The minimum absolute atomic E-state index is 0.180. The van der Waals surface area contributed by atoms with Gasteiger partial charge < -0.3 is 20.3 Å². The number of aryl methyl sites for hydroxylation is 2. The highest BCUT2D eigenvalue weighted by Gasteiger charge is 2.16. The van der Waals surface area contributed by atoms with Crippen molar-refractivity contribution in [3.63, 3.8) is 0 Å². The van der Waals surface area contributed by atoms with E-state index < -0.39 is 0 Å². The predicted molar refractivity (Wildman–Crippen MR) is 149 cm³/mol. The van der Waals surface area contributed by atoms with Crippen molar-refractivity contribution in [3.05, 3.63) is 82.1 Å². The van der Waals surface area contributed by atoms with Gasteiger partial charge in [-0.05, 0) is 79.1 Å². The second kappa shape index (κ2) is 12.8. The molecule has 2 N–H and O–H groups in total. The summed E-state index contributed by atoms with van der Waals surface area (Å²) in [7, 11) is 4.93. The van der Waals surface area contributed by atoms with E-state index in [0.29, 0.717) is 34.3 Å². The van der Waals surface area contributed by atoms with Crippen LogP contribution in [-0.2, 0) is 16.1 Å². The Hall–Kier alpha value is -4.99. The lowest BCUT2D eigenvalue weighted by atomic mass is 10.0. The number of ether oxygens (including phenoxy) is 1. The third kappa shape index (κ3) is 7.03. The van der Waals surface area contributed by atoms with Crippen molar-refractivity contribution in [1.29, 1.82) is 10.5 Å². The summed E-state index contributed by atoms with van der Waals surface area (Å²) in [5.74, 6) is 0.627. The molecule has 0 aliphatic carbocycles. The van der Waals surface area contributed by atoms with Crippen molar-refractivity contribution < 1.29 is 9.53 Å². The monoisotopic (exact) mass is 507 g/mol. The molecule has 3 rings (SSSR count). The van der Waals surface area contributed by atoms with Gasteiger partial charge in [-0.25, -0.2) is 4.98 Å². The third-order valence-electron chi connectivity index (χ3n) is 5.56. The first-order chi connectivity index (χ1) is 18.2. The number of anilines is 4. The Bertz CT molecular complexity index is 1440. The number of rotatable bonds is 9. The number of allylic oxidation sites excluding steroid dienone is 1. The van der Waals surface area contributed by atoms with E-state index in [0.717, 1.165) is 22.4 Å². The Kier molecular flexibility index (Phi) is 9.31. The zero-order valence-electron chi connectivity index (χ0n) is 22.0. The first kappa shape index (κ1) is 27.6. The number of carbonyl (C=O) groups is 1. The van der Waals surface area contributed by atoms with Crippen molar-refractivity contribution in [2.45, 2.75) is 20.5 Å². The van der Waals surface area contributed by atoms with Crippen LogP contribution >= 0.6 is 0 Å². The summed E-state index contributed by atoms with van der Waals surface area (Å²) in [5.41, 5.74) is 6.11. The fourth-order valence-corrected chi connectivity index (χ4v) is 3.69. The first-order valence-electron chi connectivity index (χ1n) is 11.8. The molecule has 0 bridgehead atoms. The molecule has 0 saturated carbocycles. The Morgan fingerprint density at radius 3 is 2.32 bits per heavy atom. The number of likely N-dealkylation sites (N-methyl/N-ethyl adjacent to an activating group) is 1. The number of aromatic nitrogens is 2. The molecule has 0 spiro atoms. The highest BCUT2D eigenvalue weighted by atomic mass is 16.5. The summed E-state index contributed by atoms with van der Waals surface area (Å²) >= 11 is 0. The minimum atomic E-state index is -0.180. The van der Waals surface area contributed by atoms with Gasteiger partial charge in [0.25, 0.3) is 0 Å². The van der Waals surface area contributed by atoms with Gasteiger partial charge in [0.05, 0.1) is 30.0 Å². The average molecular weight is 508 g/mol. The normalized spacial score (nSPS) is 10.8. The highest BCUT2D eigenvalue weighted by molar-refractivity contribution is 5.92. The van der Waals surface area contributed by atoms with Gasteiger partial charge in [0.15, 0.2) is 0 Å². The van der Waals surface area contributed by atoms with E-state index in [1.165, 1.54) is 17.1 Å². The lowest BCUT2D eigenvalue weighted by Gasteiger charge is -2.18. The topological polar surface area (TPSA) is 127 Å². The number of nitrogens with zero attached hydrogens (tertiary/aromatic N) is 5. The van der Waals surface area contributed by atoms with Crippen LogP contribution in [0.5, 0.6) is 0 Å². The molecule has 0 aliphatic heterocycles. The minimum Gasteiger partial charge on any atom is -0.378 e. The van der Waals surface area contributed by atoms with Crippen molar-refractivity contribution in [2.24, 2.45) is 0 Å². The molecule has 3 aromatic rings. The van der Waals surface area contributed by atoms with Gasteiger partial charge in [0.1, 0.15) is 5.82 Å². The molecule has 1 heterocycles. The van der Waals surface area contributed by atoms with E-state index in [9.17, 15) is 4.79 Å². The maximum Gasteiger partial charge on any atom is 0.246 e. The van der Waals surface area contributed by atoms with Crippen LogP contribution < -0.4 is 10.6 Å². The zero-order valence-corrected chi connectivity index (χ0v) is 22.0. The van der Waals surface area contributed by atoms with Crippen molar-refractivity contribution in [2.75, 3.05) is 31.8 Å². The van der Waals surface area contributed by atoms with Crippen LogP contribution in [0.1, 0.15) is 33.5 Å². The number of methoxy groups -OCH3 is 1. The maximum atomic E-state index is 12.3. The van der Waals surface area contributed by atoms with Crippen molar-refractivity contribution in [1.82, 2.24) is 14.9 Å². The Labute approximate surface area is 222 Å². The van der Waals surface area contributed by atoms with E-state index in [1.807, 2.05) is 32.0 Å². The Morgan fingerprint density at radius 2 is 1.74 bits per heavy atom. The molecule has 2 aromatic carbocycles. The molecule has 0 unspecified atom stereocenters.